The van der Waals surface area contributed by atoms with Gasteiger partial charge in [0, 0.05) is 29.4 Å². The van der Waals surface area contributed by atoms with Gasteiger partial charge in [0.05, 0.1) is 17.7 Å². The summed E-state index contributed by atoms with van der Waals surface area (Å²) in [5.74, 6) is 0.136. The molecule has 0 radical (unpaired) electrons. The SMILES string of the molecule is CC(C)Nc1ccc(-c2nnc(-c3cc(F)c(OCC(N)CO)cc3Cl)s2)cn1.Cl. The minimum atomic E-state index is -0.602. The maximum atomic E-state index is 14.4. The Kier molecular flexibility index (Phi) is 8.75. The van der Waals surface area contributed by atoms with Crippen LogP contribution in [0.15, 0.2) is 30.5 Å². The van der Waals surface area contributed by atoms with Gasteiger partial charge >= 0.3 is 0 Å². The van der Waals surface area contributed by atoms with Crippen molar-refractivity contribution in [2.24, 2.45) is 5.73 Å². The molecule has 0 aliphatic heterocycles. The number of nitrogens with two attached hydrogens (primary N) is 1. The van der Waals surface area contributed by atoms with Crippen LogP contribution in [0.4, 0.5) is 10.2 Å². The Morgan fingerprint density at radius 2 is 2.00 bits per heavy atom. The molecule has 3 rings (SSSR count). The number of aliphatic hydroxyl groups is 1. The highest BCUT2D eigenvalue weighted by atomic mass is 35.5. The first-order chi connectivity index (χ1) is 13.9. The Morgan fingerprint density at radius 1 is 1.27 bits per heavy atom. The highest BCUT2D eigenvalue weighted by molar-refractivity contribution is 7.18. The second-order valence-electron chi connectivity index (χ2n) is 6.66. The zero-order valence-electron chi connectivity index (χ0n) is 16.3. The van der Waals surface area contributed by atoms with Crippen LogP contribution >= 0.6 is 35.3 Å². The predicted molar refractivity (Wildman–Crippen MR) is 120 cm³/mol. The van der Waals surface area contributed by atoms with Crippen molar-refractivity contribution >= 4 is 41.2 Å². The lowest BCUT2D eigenvalue weighted by molar-refractivity contribution is 0.202. The smallest absolute Gasteiger partial charge is 0.165 e. The Balaban J connectivity index is 0.00000320. The Hall–Kier alpha value is -2.04. The lowest BCUT2D eigenvalue weighted by Gasteiger charge is -2.12. The van der Waals surface area contributed by atoms with E-state index in [2.05, 4.69) is 20.5 Å². The van der Waals surface area contributed by atoms with Gasteiger partial charge in [-0.25, -0.2) is 9.37 Å². The van der Waals surface area contributed by atoms with Crippen LogP contribution < -0.4 is 15.8 Å². The number of halogens is 3. The number of nitrogens with one attached hydrogen (secondary N) is 1. The Morgan fingerprint density at radius 3 is 2.63 bits per heavy atom. The molecule has 3 aromatic rings. The summed E-state index contributed by atoms with van der Waals surface area (Å²) in [5.41, 5.74) is 6.78. The maximum absolute atomic E-state index is 14.4. The molecule has 0 spiro atoms. The van der Waals surface area contributed by atoms with Crippen molar-refractivity contribution in [3.63, 3.8) is 0 Å². The van der Waals surface area contributed by atoms with Crippen molar-refractivity contribution in [3.8, 4) is 26.9 Å². The number of aromatic nitrogens is 3. The first-order valence-corrected chi connectivity index (χ1v) is 10.1. The lowest BCUT2D eigenvalue weighted by Crippen LogP contribution is -2.31. The Bertz CT molecular complexity index is 972. The van der Waals surface area contributed by atoms with Crippen molar-refractivity contribution in [2.75, 3.05) is 18.5 Å². The third-order valence-electron chi connectivity index (χ3n) is 3.81. The first kappa shape index (κ1) is 24.2. The second kappa shape index (κ2) is 10.8. The van der Waals surface area contributed by atoms with Gasteiger partial charge in [-0.2, -0.15) is 0 Å². The monoisotopic (exact) mass is 473 g/mol. The molecule has 30 heavy (non-hydrogen) atoms. The third-order valence-corrected chi connectivity index (χ3v) is 5.13. The van der Waals surface area contributed by atoms with Gasteiger partial charge < -0.3 is 20.9 Å². The summed E-state index contributed by atoms with van der Waals surface area (Å²) in [5, 5.41) is 21.9. The van der Waals surface area contributed by atoms with Gasteiger partial charge in [-0.15, -0.1) is 22.6 Å². The van der Waals surface area contributed by atoms with Crippen LogP contribution in [0.2, 0.25) is 5.02 Å². The fourth-order valence-corrected chi connectivity index (χ4v) is 3.57. The number of rotatable bonds is 8. The molecule has 1 aromatic carbocycles. The van der Waals surface area contributed by atoms with E-state index in [-0.39, 0.29) is 42.4 Å². The van der Waals surface area contributed by atoms with E-state index >= 15 is 0 Å². The van der Waals surface area contributed by atoms with Crippen molar-refractivity contribution in [1.82, 2.24) is 15.2 Å². The number of hydrogen-bond donors (Lipinski definition) is 3. The van der Waals surface area contributed by atoms with Crippen LogP contribution in [-0.2, 0) is 0 Å². The van der Waals surface area contributed by atoms with E-state index in [9.17, 15) is 4.39 Å². The average Bonchev–Trinajstić information content (AvgIpc) is 3.18. The predicted octanol–water partition coefficient (Wildman–Crippen LogP) is 4.00. The van der Waals surface area contributed by atoms with Crippen LogP contribution in [0, 0.1) is 5.82 Å². The van der Waals surface area contributed by atoms with E-state index in [1.54, 1.807) is 6.20 Å². The highest BCUT2D eigenvalue weighted by Crippen LogP contribution is 2.37. The zero-order chi connectivity index (χ0) is 21.0. The first-order valence-electron chi connectivity index (χ1n) is 8.92. The number of benzene rings is 1. The minimum absolute atomic E-state index is 0. The molecule has 0 amide bonds. The molecule has 2 heterocycles. The number of pyridine rings is 1. The molecule has 0 bridgehead atoms. The molecule has 1 unspecified atom stereocenters. The molecular formula is C19H22Cl2FN5O2S. The van der Waals surface area contributed by atoms with E-state index < -0.39 is 11.9 Å². The van der Waals surface area contributed by atoms with Crippen LogP contribution in [0.3, 0.4) is 0 Å². The zero-order valence-corrected chi connectivity index (χ0v) is 18.7. The standard InChI is InChI=1S/C19H21ClFN5O2S.ClH/c1-10(2)24-17-4-3-11(7-23-17)18-25-26-19(29-18)13-5-15(21)16(6-14(13)20)28-9-12(22)8-27;/h3-7,10,12,27H,8-9,22H2,1-2H3,(H,23,24);1H. The topological polar surface area (TPSA) is 106 Å². The normalized spacial score (nSPS) is 11.8. The molecular weight excluding hydrogens is 452 g/mol. The highest BCUT2D eigenvalue weighted by Gasteiger charge is 2.17. The summed E-state index contributed by atoms with van der Waals surface area (Å²) in [7, 11) is 0. The molecule has 2 aromatic heterocycles. The second-order valence-corrected chi connectivity index (χ2v) is 8.04. The van der Waals surface area contributed by atoms with E-state index in [0.717, 1.165) is 11.4 Å². The largest absolute Gasteiger partial charge is 0.489 e. The molecule has 0 aliphatic rings. The van der Waals surface area contributed by atoms with Gasteiger partial charge in [-0.05, 0) is 32.0 Å². The molecule has 162 valence electrons. The number of ether oxygens (including phenoxy) is 1. The van der Waals surface area contributed by atoms with Crippen molar-refractivity contribution in [1.29, 1.82) is 0 Å². The minimum Gasteiger partial charge on any atom is -0.489 e. The van der Waals surface area contributed by atoms with Gasteiger partial charge in [0.25, 0.3) is 0 Å². The van der Waals surface area contributed by atoms with Gasteiger partial charge in [0.1, 0.15) is 22.4 Å². The van der Waals surface area contributed by atoms with Gasteiger partial charge in [-0.3, -0.25) is 0 Å². The molecule has 7 nitrogen and oxygen atoms in total. The van der Waals surface area contributed by atoms with E-state index in [4.69, 9.17) is 27.2 Å². The van der Waals surface area contributed by atoms with Crippen LogP contribution in [0.1, 0.15) is 13.8 Å². The Labute approximate surface area is 188 Å². The summed E-state index contributed by atoms with van der Waals surface area (Å²) >= 11 is 7.58. The third kappa shape index (κ3) is 5.99. The number of aliphatic hydroxyl groups excluding tert-OH is 1. The lowest BCUT2D eigenvalue weighted by atomic mass is 10.2. The van der Waals surface area contributed by atoms with Gasteiger partial charge in [0.15, 0.2) is 11.6 Å². The van der Waals surface area contributed by atoms with Crippen LogP contribution in [0.5, 0.6) is 5.75 Å². The van der Waals surface area contributed by atoms with Crippen LogP contribution in [-0.4, -0.2) is 45.6 Å². The quantitative estimate of drug-likeness (QED) is 0.453. The van der Waals surface area contributed by atoms with Crippen molar-refractivity contribution < 1.29 is 14.2 Å². The molecule has 4 N–H and O–H groups in total. The summed E-state index contributed by atoms with van der Waals surface area (Å²) in [6.45, 7) is 3.78. The fourth-order valence-electron chi connectivity index (χ4n) is 2.40. The van der Waals surface area contributed by atoms with Crippen LogP contribution in [0.25, 0.3) is 21.1 Å². The van der Waals surface area contributed by atoms with Crippen molar-refractivity contribution in [2.45, 2.75) is 25.9 Å². The molecule has 11 heteroatoms. The maximum Gasteiger partial charge on any atom is 0.165 e. The number of nitrogens with zero attached hydrogens (tertiary/aromatic N) is 3. The fraction of sp³-hybridized carbons (Fsp3) is 0.316. The molecule has 0 fully saturated rings. The van der Waals surface area contributed by atoms with E-state index in [1.807, 2.05) is 26.0 Å². The summed E-state index contributed by atoms with van der Waals surface area (Å²) in [6.07, 6.45) is 1.71. The molecule has 0 aliphatic carbocycles. The van der Waals surface area contributed by atoms with Gasteiger partial charge in [-0.1, -0.05) is 22.9 Å². The van der Waals surface area contributed by atoms with Crippen molar-refractivity contribution in [3.05, 3.63) is 41.3 Å². The number of anilines is 1. The summed E-state index contributed by atoms with van der Waals surface area (Å²) < 4.78 is 19.7. The molecule has 0 saturated carbocycles. The summed E-state index contributed by atoms with van der Waals surface area (Å²) in [6, 6.07) is 6.06. The van der Waals surface area contributed by atoms with E-state index in [1.165, 1.54) is 23.5 Å². The molecule has 0 saturated heterocycles. The van der Waals surface area contributed by atoms with Gasteiger partial charge in [0.2, 0.25) is 0 Å². The van der Waals surface area contributed by atoms with E-state index in [0.29, 0.717) is 15.6 Å². The average molecular weight is 474 g/mol. The summed E-state index contributed by atoms with van der Waals surface area (Å²) in [4.78, 5) is 4.36. The number of hydrogen-bond acceptors (Lipinski definition) is 8. The molecule has 1 atom stereocenters.